The van der Waals surface area contributed by atoms with Gasteiger partial charge in [0.25, 0.3) is 0 Å². The first-order valence-electron chi connectivity index (χ1n) is 9.09. The maximum Gasteiger partial charge on any atom is 0.243 e. The Morgan fingerprint density at radius 1 is 1.20 bits per heavy atom. The number of rotatable bonds is 5. The molecule has 8 nitrogen and oxygen atoms in total. The van der Waals surface area contributed by atoms with Crippen LogP contribution in [0.1, 0.15) is 12.8 Å². The molecule has 30 heavy (non-hydrogen) atoms. The Kier molecular flexibility index (Phi) is 5.54. The van der Waals surface area contributed by atoms with E-state index >= 15 is 0 Å². The molecule has 156 valence electrons. The number of carbonyl (C=O) groups is 1. The van der Waals surface area contributed by atoms with Crippen molar-refractivity contribution in [2.24, 2.45) is 0 Å². The van der Waals surface area contributed by atoms with Gasteiger partial charge >= 0.3 is 0 Å². The van der Waals surface area contributed by atoms with E-state index in [1.807, 2.05) is 0 Å². The molecule has 1 N–H and O–H groups in total. The predicted octanol–water partition coefficient (Wildman–Crippen LogP) is 2.85. The number of benzene rings is 2. The highest BCUT2D eigenvalue weighted by Gasteiger charge is 2.39. The SMILES string of the molecule is O=C(Nc1cc(Cl)ccc1-n1cncn1)[C@H]1CCCN1S(=O)(=O)c1ccc(F)cc1. The fourth-order valence-electron chi connectivity index (χ4n) is 3.39. The number of aromatic nitrogens is 3. The molecule has 0 bridgehead atoms. The second kappa shape index (κ2) is 8.13. The second-order valence-corrected chi connectivity index (χ2v) is 9.05. The van der Waals surface area contributed by atoms with Crippen LogP contribution in [-0.4, -0.2) is 46.0 Å². The highest BCUT2D eigenvalue weighted by atomic mass is 35.5. The molecule has 0 spiro atoms. The van der Waals surface area contributed by atoms with E-state index < -0.39 is 27.8 Å². The summed E-state index contributed by atoms with van der Waals surface area (Å²) in [5.41, 5.74) is 0.917. The van der Waals surface area contributed by atoms with Gasteiger partial charge in [-0.05, 0) is 55.3 Å². The minimum Gasteiger partial charge on any atom is -0.323 e. The monoisotopic (exact) mass is 449 g/mol. The van der Waals surface area contributed by atoms with Crippen molar-refractivity contribution in [1.29, 1.82) is 0 Å². The summed E-state index contributed by atoms with van der Waals surface area (Å²) in [4.78, 5) is 16.9. The zero-order valence-corrected chi connectivity index (χ0v) is 17.1. The van der Waals surface area contributed by atoms with E-state index in [2.05, 4.69) is 15.4 Å². The van der Waals surface area contributed by atoms with Gasteiger partial charge in [0.15, 0.2) is 0 Å². The van der Waals surface area contributed by atoms with Gasteiger partial charge in [-0.15, -0.1) is 0 Å². The van der Waals surface area contributed by atoms with Crippen LogP contribution in [-0.2, 0) is 14.8 Å². The number of nitrogens with one attached hydrogen (secondary N) is 1. The first-order valence-corrected chi connectivity index (χ1v) is 10.9. The molecular weight excluding hydrogens is 433 g/mol. The zero-order chi connectivity index (χ0) is 21.3. The Morgan fingerprint density at radius 2 is 1.97 bits per heavy atom. The van der Waals surface area contributed by atoms with Gasteiger partial charge in [-0.2, -0.15) is 9.40 Å². The molecule has 1 amide bonds. The lowest BCUT2D eigenvalue weighted by molar-refractivity contribution is -0.119. The van der Waals surface area contributed by atoms with Crippen LogP contribution < -0.4 is 5.32 Å². The quantitative estimate of drug-likeness (QED) is 0.646. The number of hydrogen-bond acceptors (Lipinski definition) is 5. The fraction of sp³-hybridized carbons (Fsp3) is 0.211. The van der Waals surface area contributed by atoms with Crippen molar-refractivity contribution in [1.82, 2.24) is 19.1 Å². The lowest BCUT2D eigenvalue weighted by Gasteiger charge is -2.24. The second-order valence-electron chi connectivity index (χ2n) is 6.72. The average Bonchev–Trinajstić information content (AvgIpc) is 3.41. The molecule has 0 saturated carbocycles. The molecule has 1 fully saturated rings. The van der Waals surface area contributed by atoms with Crippen molar-refractivity contribution in [3.63, 3.8) is 0 Å². The topological polar surface area (TPSA) is 97.2 Å². The maximum absolute atomic E-state index is 13.2. The number of halogens is 2. The average molecular weight is 450 g/mol. The summed E-state index contributed by atoms with van der Waals surface area (Å²) in [6.07, 6.45) is 3.73. The van der Waals surface area contributed by atoms with E-state index in [0.717, 1.165) is 16.4 Å². The van der Waals surface area contributed by atoms with Crippen LogP contribution in [0.2, 0.25) is 5.02 Å². The Balaban J connectivity index is 1.61. The molecule has 3 aromatic rings. The molecule has 0 aliphatic carbocycles. The third-order valence-corrected chi connectivity index (χ3v) is 6.97. The Hall–Kier alpha value is -2.82. The fourth-order valence-corrected chi connectivity index (χ4v) is 5.22. The van der Waals surface area contributed by atoms with E-state index in [0.29, 0.717) is 29.2 Å². The molecule has 1 aliphatic heterocycles. The van der Waals surface area contributed by atoms with Crippen molar-refractivity contribution >= 4 is 33.2 Å². The van der Waals surface area contributed by atoms with Gasteiger partial charge < -0.3 is 5.32 Å². The predicted molar refractivity (Wildman–Crippen MR) is 108 cm³/mol. The summed E-state index contributed by atoms with van der Waals surface area (Å²) in [6.45, 7) is 0.198. The zero-order valence-electron chi connectivity index (χ0n) is 15.6. The van der Waals surface area contributed by atoms with Crippen molar-refractivity contribution in [2.75, 3.05) is 11.9 Å². The van der Waals surface area contributed by atoms with Gasteiger partial charge in [-0.25, -0.2) is 22.5 Å². The highest BCUT2D eigenvalue weighted by molar-refractivity contribution is 7.89. The number of nitrogens with zero attached hydrogens (tertiary/aromatic N) is 4. The number of anilines is 1. The van der Waals surface area contributed by atoms with Gasteiger partial charge in [0, 0.05) is 11.6 Å². The molecule has 2 heterocycles. The minimum absolute atomic E-state index is 0.0605. The summed E-state index contributed by atoms with van der Waals surface area (Å²) in [5.74, 6) is -1.02. The van der Waals surface area contributed by atoms with Crippen LogP contribution in [0.3, 0.4) is 0 Å². The molecular formula is C19H17ClFN5O3S. The van der Waals surface area contributed by atoms with Crippen LogP contribution in [0.15, 0.2) is 60.0 Å². The van der Waals surface area contributed by atoms with Crippen LogP contribution in [0.25, 0.3) is 5.69 Å². The summed E-state index contributed by atoms with van der Waals surface area (Å²) in [6, 6.07) is 8.52. The van der Waals surface area contributed by atoms with Crippen LogP contribution >= 0.6 is 11.6 Å². The first-order chi connectivity index (χ1) is 14.4. The van der Waals surface area contributed by atoms with Crippen molar-refractivity contribution in [2.45, 2.75) is 23.8 Å². The molecule has 1 saturated heterocycles. The molecule has 4 rings (SSSR count). The first kappa shape index (κ1) is 20.5. The largest absolute Gasteiger partial charge is 0.323 e. The maximum atomic E-state index is 13.2. The third-order valence-electron chi connectivity index (χ3n) is 4.81. The van der Waals surface area contributed by atoms with Gasteiger partial charge in [-0.3, -0.25) is 4.79 Å². The summed E-state index contributed by atoms with van der Waals surface area (Å²) < 4.78 is 41.8. The van der Waals surface area contributed by atoms with Crippen molar-refractivity contribution in [3.05, 3.63) is 66.0 Å². The lowest BCUT2D eigenvalue weighted by atomic mass is 10.2. The summed E-state index contributed by atoms with van der Waals surface area (Å²) in [5, 5.41) is 7.22. The number of hydrogen-bond donors (Lipinski definition) is 1. The Bertz CT molecular complexity index is 1170. The minimum atomic E-state index is -3.95. The molecule has 11 heteroatoms. The molecule has 1 aliphatic rings. The summed E-state index contributed by atoms with van der Waals surface area (Å²) in [7, 11) is -3.95. The Labute approximate surface area is 177 Å². The van der Waals surface area contributed by atoms with E-state index in [1.54, 1.807) is 18.2 Å². The normalized spacial score (nSPS) is 17.2. The lowest BCUT2D eigenvalue weighted by Crippen LogP contribution is -2.43. The van der Waals surface area contributed by atoms with Gasteiger partial charge in [0.05, 0.1) is 16.3 Å². The molecule has 0 radical (unpaired) electrons. The highest BCUT2D eigenvalue weighted by Crippen LogP contribution is 2.29. The van der Waals surface area contributed by atoms with Gasteiger partial charge in [-0.1, -0.05) is 11.6 Å². The van der Waals surface area contributed by atoms with Crippen molar-refractivity contribution in [3.8, 4) is 5.69 Å². The molecule has 2 aromatic carbocycles. The number of sulfonamides is 1. The van der Waals surface area contributed by atoms with Crippen LogP contribution in [0, 0.1) is 5.82 Å². The summed E-state index contributed by atoms with van der Waals surface area (Å²) >= 11 is 6.08. The number of carbonyl (C=O) groups excluding carboxylic acids is 1. The van der Waals surface area contributed by atoms with Gasteiger partial charge in [0.1, 0.15) is 24.5 Å². The van der Waals surface area contributed by atoms with E-state index in [9.17, 15) is 17.6 Å². The van der Waals surface area contributed by atoms with Gasteiger partial charge in [0.2, 0.25) is 15.9 Å². The smallest absolute Gasteiger partial charge is 0.243 e. The third kappa shape index (κ3) is 3.93. The van der Waals surface area contributed by atoms with E-state index in [4.69, 9.17) is 11.6 Å². The number of amides is 1. The van der Waals surface area contributed by atoms with E-state index in [-0.39, 0.29) is 11.4 Å². The Morgan fingerprint density at radius 3 is 2.67 bits per heavy atom. The molecule has 0 unspecified atom stereocenters. The van der Waals surface area contributed by atoms with Crippen LogP contribution in [0.4, 0.5) is 10.1 Å². The molecule has 1 aromatic heterocycles. The van der Waals surface area contributed by atoms with Crippen LogP contribution in [0.5, 0.6) is 0 Å². The molecule has 1 atom stereocenters. The standard InChI is InChI=1S/C19H17ClFN5O3S/c20-13-3-8-17(25-12-22-11-23-25)16(10-13)24-19(27)18-2-1-9-26(18)30(28,29)15-6-4-14(21)5-7-15/h3-8,10-12,18H,1-2,9H2,(H,24,27)/t18-/m1/s1. The van der Waals surface area contributed by atoms with E-state index in [1.165, 1.54) is 29.5 Å². The van der Waals surface area contributed by atoms with Crippen molar-refractivity contribution < 1.29 is 17.6 Å².